The summed E-state index contributed by atoms with van der Waals surface area (Å²) in [7, 11) is 0.430. The molecular formula is C40H42N2O7Si. The number of aromatic nitrogens is 1. The maximum atomic E-state index is 14.2. The van der Waals surface area contributed by atoms with Gasteiger partial charge >= 0.3 is 0 Å². The zero-order valence-electron chi connectivity index (χ0n) is 29.1. The number of ether oxygens (including phenoxy) is 4. The van der Waals surface area contributed by atoms with Gasteiger partial charge in [0.2, 0.25) is 6.79 Å². The molecule has 2 heterocycles. The highest BCUT2D eigenvalue weighted by molar-refractivity contribution is 6.99. The van der Waals surface area contributed by atoms with Gasteiger partial charge in [0.25, 0.3) is 13.9 Å². The fourth-order valence-corrected chi connectivity index (χ4v) is 12.0. The van der Waals surface area contributed by atoms with Crippen LogP contribution in [-0.2, 0) is 11.0 Å². The summed E-state index contributed by atoms with van der Waals surface area (Å²) in [5, 5.41) is 6.85. The van der Waals surface area contributed by atoms with E-state index >= 15 is 0 Å². The number of rotatable bonds is 12. The maximum absolute atomic E-state index is 14.2. The van der Waals surface area contributed by atoms with Crippen molar-refractivity contribution in [1.29, 1.82) is 0 Å². The third-order valence-corrected chi connectivity index (χ3v) is 14.8. The van der Waals surface area contributed by atoms with E-state index < -0.39 is 8.32 Å². The SMILES string of the molecule is COc1cc2c3c(n(CCCNCCO[Si](c4ccccc4)(c4ccccc4)C(C)(C)C)c(=O)c2cc1OC)-c1cc2c(cc1C3=O)OCO2. The number of methoxy groups -OCH3 is 2. The van der Waals surface area contributed by atoms with Crippen molar-refractivity contribution in [1.82, 2.24) is 9.88 Å². The lowest BCUT2D eigenvalue weighted by Gasteiger charge is -2.43. The van der Waals surface area contributed by atoms with Crippen LogP contribution in [0.2, 0.25) is 5.04 Å². The summed E-state index contributed by atoms with van der Waals surface area (Å²) < 4.78 is 31.1. The van der Waals surface area contributed by atoms with Crippen LogP contribution in [0.1, 0.15) is 43.1 Å². The average molecular weight is 691 g/mol. The molecule has 0 spiro atoms. The van der Waals surface area contributed by atoms with E-state index in [2.05, 4.69) is 74.6 Å². The molecule has 0 unspecified atom stereocenters. The fourth-order valence-electron chi connectivity index (χ4n) is 7.48. The summed E-state index contributed by atoms with van der Waals surface area (Å²) in [6, 6.07) is 28.1. The van der Waals surface area contributed by atoms with Gasteiger partial charge < -0.3 is 33.3 Å². The van der Waals surface area contributed by atoms with Gasteiger partial charge in [0.15, 0.2) is 28.8 Å². The molecule has 9 nitrogen and oxygen atoms in total. The summed E-state index contributed by atoms with van der Waals surface area (Å²) in [5.41, 5.74) is 2.00. The zero-order valence-corrected chi connectivity index (χ0v) is 30.1. The van der Waals surface area contributed by atoms with Crippen molar-refractivity contribution >= 4 is 35.2 Å². The quantitative estimate of drug-likeness (QED) is 0.133. The third-order valence-electron chi connectivity index (χ3n) is 9.76. The Kier molecular flexibility index (Phi) is 9.02. The van der Waals surface area contributed by atoms with Crippen molar-refractivity contribution in [2.75, 3.05) is 40.7 Å². The molecule has 5 aromatic rings. The number of carbonyl (C=O) groups is 1. The number of nitrogens with one attached hydrogen (secondary N) is 1. The molecular weight excluding hydrogens is 649 g/mol. The number of hydrogen-bond acceptors (Lipinski definition) is 8. The van der Waals surface area contributed by atoms with Crippen LogP contribution in [0.5, 0.6) is 23.0 Å². The first kappa shape index (κ1) is 33.6. The van der Waals surface area contributed by atoms with Crippen LogP contribution in [0.4, 0.5) is 0 Å². The van der Waals surface area contributed by atoms with Crippen molar-refractivity contribution in [2.45, 2.75) is 38.8 Å². The Morgan fingerprint density at radius 3 is 1.94 bits per heavy atom. The van der Waals surface area contributed by atoms with E-state index in [4.69, 9.17) is 23.4 Å². The number of hydrogen-bond donors (Lipinski definition) is 1. The zero-order chi connectivity index (χ0) is 35.0. The van der Waals surface area contributed by atoms with E-state index in [0.29, 0.717) is 88.8 Å². The van der Waals surface area contributed by atoms with E-state index in [-0.39, 0.29) is 23.2 Å². The molecule has 1 aliphatic heterocycles. The van der Waals surface area contributed by atoms with Gasteiger partial charge in [0, 0.05) is 36.2 Å². The van der Waals surface area contributed by atoms with Crippen molar-refractivity contribution < 1.29 is 28.2 Å². The second kappa shape index (κ2) is 13.4. The van der Waals surface area contributed by atoms with E-state index in [0.717, 1.165) is 0 Å². The predicted octanol–water partition coefficient (Wildman–Crippen LogP) is 5.52. The van der Waals surface area contributed by atoms with E-state index in [1.165, 1.54) is 24.6 Å². The molecule has 0 saturated carbocycles. The van der Waals surface area contributed by atoms with Gasteiger partial charge in [0.1, 0.15) is 0 Å². The Bertz CT molecular complexity index is 2090. The Morgan fingerprint density at radius 1 is 0.780 bits per heavy atom. The Labute approximate surface area is 292 Å². The minimum Gasteiger partial charge on any atom is -0.493 e. The molecule has 0 saturated heterocycles. The number of benzene rings is 4. The van der Waals surface area contributed by atoms with Crippen molar-refractivity contribution in [3.05, 3.63) is 106 Å². The van der Waals surface area contributed by atoms with Crippen LogP contribution in [0.3, 0.4) is 0 Å². The minimum absolute atomic E-state index is 0.0895. The summed E-state index contributed by atoms with van der Waals surface area (Å²) in [4.78, 5) is 28.2. The third kappa shape index (κ3) is 5.57. The molecule has 1 aliphatic carbocycles. The molecule has 50 heavy (non-hydrogen) atoms. The molecule has 4 aromatic carbocycles. The van der Waals surface area contributed by atoms with Crippen molar-refractivity contribution in [3.8, 4) is 34.3 Å². The van der Waals surface area contributed by atoms with Crippen molar-refractivity contribution in [3.63, 3.8) is 0 Å². The molecule has 1 aromatic heterocycles. The first-order valence-electron chi connectivity index (χ1n) is 17.0. The first-order valence-corrected chi connectivity index (χ1v) is 18.9. The summed E-state index contributed by atoms with van der Waals surface area (Å²) in [6.45, 7) is 9.14. The number of fused-ring (bicyclic) bond motifs is 6. The number of pyridine rings is 1. The van der Waals surface area contributed by atoms with Crippen LogP contribution >= 0.6 is 0 Å². The topological polar surface area (TPSA) is 97.2 Å². The number of ketones is 1. The van der Waals surface area contributed by atoms with E-state index in [1.807, 2.05) is 18.2 Å². The average Bonchev–Trinajstić information content (AvgIpc) is 3.70. The maximum Gasteiger partial charge on any atom is 0.261 e. The summed E-state index contributed by atoms with van der Waals surface area (Å²) in [6.07, 6.45) is 0.651. The Hall–Kier alpha value is -4.90. The van der Waals surface area contributed by atoms with Gasteiger partial charge in [-0.3, -0.25) is 9.59 Å². The lowest BCUT2D eigenvalue weighted by atomic mass is 10.0. The molecule has 7 rings (SSSR count). The highest BCUT2D eigenvalue weighted by Crippen LogP contribution is 2.47. The minimum atomic E-state index is -2.63. The summed E-state index contributed by atoms with van der Waals surface area (Å²) in [5.74, 6) is 1.78. The molecule has 258 valence electrons. The van der Waals surface area contributed by atoms with Gasteiger partial charge in [0.05, 0.1) is 30.9 Å². The molecule has 0 fully saturated rings. The van der Waals surface area contributed by atoms with Crippen LogP contribution in [0.15, 0.2) is 89.7 Å². The van der Waals surface area contributed by atoms with E-state index in [1.54, 1.807) is 22.8 Å². The van der Waals surface area contributed by atoms with Gasteiger partial charge in [-0.15, -0.1) is 0 Å². The van der Waals surface area contributed by atoms with Crippen molar-refractivity contribution in [2.24, 2.45) is 0 Å². The van der Waals surface area contributed by atoms with Gasteiger partial charge in [-0.2, -0.15) is 0 Å². The lowest BCUT2D eigenvalue weighted by Crippen LogP contribution is -2.67. The predicted molar refractivity (Wildman–Crippen MR) is 197 cm³/mol. The Morgan fingerprint density at radius 2 is 1.36 bits per heavy atom. The summed E-state index contributed by atoms with van der Waals surface area (Å²) >= 11 is 0. The second-order valence-corrected chi connectivity index (χ2v) is 17.9. The van der Waals surface area contributed by atoms with Gasteiger partial charge in [-0.1, -0.05) is 81.4 Å². The smallest absolute Gasteiger partial charge is 0.261 e. The molecule has 10 heteroatoms. The molecule has 2 aliphatic rings. The number of nitrogens with zero attached hydrogens (tertiary/aromatic N) is 1. The molecule has 1 N–H and O–H groups in total. The largest absolute Gasteiger partial charge is 0.493 e. The highest BCUT2D eigenvalue weighted by atomic mass is 28.4. The van der Waals surface area contributed by atoms with E-state index in [9.17, 15) is 9.59 Å². The monoisotopic (exact) mass is 690 g/mol. The first-order chi connectivity index (χ1) is 24.2. The molecule has 0 radical (unpaired) electrons. The molecule has 0 atom stereocenters. The van der Waals surface area contributed by atoms with Gasteiger partial charge in [-0.05, 0) is 52.6 Å². The highest BCUT2D eigenvalue weighted by Gasteiger charge is 2.50. The standard InChI is InChI=1S/C40H42N2O7Si/c1-40(2,3)50(26-13-8-6-9-14-26,27-15-10-7-11-16-27)49-20-18-41-17-12-19-42-37-29-22-34-35(48-25-47-34)23-30(29)38(43)36(37)28-21-32(45-4)33(46-5)24-31(28)39(42)44/h6-11,13-16,21-24,41H,12,17-20,25H2,1-5H3. The van der Waals surface area contributed by atoms with Crippen LogP contribution in [0.25, 0.3) is 22.0 Å². The lowest BCUT2D eigenvalue weighted by molar-refractivity contribution is 0.104. The Balaban J connectivity index is 1.14. The van der Waals surface area contributed by atoms with Gasteiger partial charge in [-0.25, -0.2) is 0 Å². The molecule has 0 amide bonds. The van der Waals surface area contributed by atoms with Crippen LogP contribution < -0.4 is 40.2 Å². The second-order valence-electron chi connectivity index (χ2n) is 13.6. The fraction of sp³-hybridized carbons (Fsp3) is 0.300. The van der Waals surface area contributed by atoms with Crippen LogP contribution in [-0.4, -0.2) is 59.4 Å². The number of carbonyl (C=O) groups excluding carboxylic acids is 1. The molecule has 0 bridgehead atoms. The van der Waals surface area contributed by atoms with Crippen LogP contribution in [0, 0.1) is 0 Å². The normalized spacial score (nSPS) is 13.4.